The molecule has 0 radical (unpaired) electrons. The monoisotopic (exact) mass is 406 g/mol. The van der Waals surface area contributed by atoms with E-state index >= 15 is 0 Å². The molecule has 4 rings (SSSR count). The van der Waals surface area contributed by atoms with Gasteiger partial charge in [0, 0.05) is 12.0 Å². The third-order valence-electron chi connectivity index (χ3n) is 4.44. The van der Waals surface area contributed by atoms with Gasteiger partial charge in [0.25, 0.3) is 5.22 Å². The Balaban J connectivity index is 1.36. The first kappa shape index (κ1) is 19.4. The molecule has 2 aromatic heterocycles. The van der Waals surface area contributed by atoms with E-state index in [1.165, 1.54) is 17.3 Å². The van der Waals surface area contributed by atoms with Gasteiger partial charge in [-0.25, -0.2) is 0 Å². The molecular formula is C22H22N4O2S. The van der Waals surface area contributed by atoms with Crippen molar-refractivity contribution in [1.29, 1.82) is 0 Å². The molecule has 0 aliphatic rings. The zero-order chi connectivity index (χ0) is 20.3. The molecule has 0 bridgehead atoms. The van der Waals surface area contributed by atoms with Crippen LogP contribution in [0.1, 0.15) is 43.6 Å². The Morgan fingerprint density at radius 2 is 1.69 bits per heavy atom. The van der Waals surface area contributed by atoms with Crippen LogP contribution >= 0.6 is 11.8 Å². The van der Waals surface area contributed by atoms with Crippen LogP contribution in [0, 0.1) is 0 Å². The maximum absolute atomic E-state index is 5.77. The van der Waals surface area contributed by atoms with Gasteiger partial charge in [0.2, 0.25) is 11.8 Å². The van der Waals surface area contributed by atoms with E-state index in [2.05, 4.69) is 53.2 Å². The molecule has 6 nitrogen and oxygen atoms in total. The third kappa shape index (κ3) is 4.92. The van der Waals surface area contributed by atoms with Gasteiger partial charge in [-0.2, -0.15) is 4.98 Å². The minimum Gasteiger partial charge on any atom is -0.411 e. The number of aromatic nitrogens is 4. The third-order valence-corrected chi connectivity index (χ3v) is 5.24. The minimum atomic E-state index is 0.109. The summed E-state index contributed by atoms with van der Waals surface area (Å²) in [4.78, 5) is 4.43. The fourth-order valence-electron chi connectivity index (χ4n) is 2.82. The van der Waals surface area contributed by atoms with Gasteiger partial charge in [0.15, 0.2) is 5.82 Å². The molecule has 0 saturated carbocycles. The van der Waals surface area contributed by atoms with Gasteiger partial charge < -0.3 is 8.94 Å². The van der Waals surface area contributed by atoms with E-state index in [0.29, 0.717) is 35.0 Å². The Bertz CT molecular complexity index is 1070. The van der Waals surface area contributed by atoms with E-state index in [1.54, 1.807) is 0 Å². The van der Waals surface area contributed by atoms with E-state index in [4.69, 9.17) is 8.94 Å². The SMILES string of the molecule is CC(C)(C)c1ccc(-c2nnc(SCc3nc(Cc4ccccc4)no3)o2)cc1. The largest absolute Gasteiger partial charge is 0.411 e. The van der Waals surface area contributed by atoms with Crippen molar-refractivity contribution < 1.29 is 8.94 Å². The summed E-state index contributed by atoms with van der Waals surface area (Å²) in [7, 11) is 0. The van der Waals surface area contributed by atoms with Crippen molar-refractivity contribution in [3.8, 4) is 11.5 Å². The highest BCUT2D eigenvalue weighted by Gasteiger charge is 2.15. The molecule has 0 atom stereocenters. The Hall–Kier alpha value is -2.93. The minimum absolute atomic E-state index is 0.109. The Morgan fingerprint density at radius 3 is 2.41 bits per heavy atom. The Morgan fingerprint density at radius 1 is 0.931 bits per heavy atom. The fourth-order valence-corrected chi connectivity index (χ4v) is 3.42. The smallest absolute Gasteiger partial charge is 0.277 e. The molecule has 0 amide bonds. The van der Waals surface area contributed by atoms with Gasteiger partial charge in [-0.05, 0) is 28.7 Å². The molecule has 4 aromatic rings. The molecule has 0 spiro atoms. The predicted octanol–water partition coefficient (Wildman–Crippen LogP) is 5.30. The lowest BCUT2D eigenvalue weighted by Gasteiger charge is -2.18. The van der Waals surface area contributed by atoms with Gasteiger partial charge in [-0.15, -0.1) is 10.2 Å². The highest BCUT2D eigenvalue weighted by molar-refractivity contribution is 7.98. The van der Waals surface area contributed by atoms with Crippen molar-refractivity contribution in [2.45, 2.75) is 43.6 Å². The van der Waals surface area contributed by atoms with Crippen LogP contribution in [0.15, 0.2) is 68.8 Å². The normalized spacial score (nSPS) is 11.7. The van der Waals surface area contributed by atoms with E-state index in [0.717, 1.165) is 11.1 Å². The first-order valence-electron chi connectivity index (χ1n) is 9.40. The maximum atomic E-state index is 5.77. The molecule has 2 aromatic carbocycles. The molecule has 148 valence electrons. The lowest BCUT2D eigenvalue weighted by Crippen LogP contribution is -2.10. The summed E-state index contributed by atoms with van der Waals surface area (Å²) in [6, 6.07) is 18.3. The maximum Gasteiger partial charge on any atom is 0.277 e. The van der Waals surface area contributed by atoms with E-state index in [-0.39, 0.29) is 5.41 Å². The summed E-state index contributed by atoms with van der Waals surface area (Å²) in [6.45, 7) is 6.56. The highest BCUT2D eigenvalue weighted by atomic mass is 32.2. The molecule has 0 saturated heterocycles. The van der Waals surface area contributed by atoms with Crippen LogP contribution < -0.4 is 0 Å². The second-order valence-corrected chi connectivity index (χ2v) is 8.68. The molecule has 0 aliphatic heterocycles. The quantitative estimate of drug-likeness (QED) is 0.402. The average Bonchev–Trinajstić information content (AvgIpc) is 3.36. The number of rotatable bonds is 6. The van der Waals surface area contributed by atoms with Crippen molar-refractivity contribution in [1.82, 2.24) is 20.3 Å². The van der Waals surface area contributed by atoms with Crippen LogP contribution in [0.3, 0.4) is 0 Å². The fraction of sp³-hybridized carbons (Fsp3) is 0.273. The summed E-state index contributed by atoms with van der Waals surface area (Å²) in [5.41, 5.74) is 3.42. The summed E-state index contributed by atoms with van der Waals surface area (Å²) in [6.07, 6.45) is 0.643. The summed E-state index contributed by atoms with van der Waals surface area (Å²) in [5.74, 6) is 2.18. The van der Waals surface area contributed by atoms with Crippen LogP contribution in [0.25, 0.3) is 11.5 Å². The van der Waals surface area contributed by atoms with Crippen molar-refractivity contribution in [2.24, 2.45) is 0 Å². The van der Waals surface area contributed by atoms with Crippen LogP contribution in [0.5, 0.6) is 0 Å². The molecule has 0 fully saturated rings. The van der Waals surface area contributed by atoms with Crippen molar-refractivity contribution in [2.75, 3.05) is 0 Å². The van der Waals surface area contributed by atoms with Gasteiger partial charge in [-0.3, -0.25) is 0 Å². The topological polar surface area (TPSA) is 77.8 Å². The van der Waals surface area contributed by atoms with Crippen molar-refractivity contribution in [3.05, 3.63) is 77.4 Å². The molecule has 2 heterocycles. The standard InChI is InChI=1S/C22H22N4O2S/c1-22(2,3)17-11-9-16(10-12-17)20-24-25-21(27-20)29-14-19-23-18(26-28-19)13-15-7-5-4-6-8-15/h4-12H,13-14H2,1-3H3. The van der Waals surface area contributed by atoms with Crippen LogP contribution in [0.4, 0.5) is 0 Å². The molecule has 0 N–H and O–H groups in total. The summed E-state index contributed by atoms with van der Waals surface area (Å²) >= 11 is 1.38. The van der Waals surface area contributed by atoms with Gasteiger partial charge in [0.1, 0.15) is 0 Å². The first-order chi connectivity index (χ1) is 14.0. The van der Waals surface area contributed by atoms with E-state index < -0.39 is 0 Å². The number of benzene rings is 2. The van der Waals surface area contributed by atoms with Crippen LogP contribution in [-0.2, 0) is 17.6 Å². The van der Waals surface area contributed by atoms with Crippen molar-refractivity contribution in [3.63, 3.8) is 0 Å². The second-order valence-electron chi connectivity index (χ2n) is 7.76. The zero-order valence-corrected chi connectivity index (χ0v) is 17.4. The number of thioether (sulfide) groups is 1. The van der Waals surface area contributed by atoms with Crippen LogP contribution in [-0.4, -0.2) is 20.3 Å². The van der Waals surface area contributed by atoms with Gasteiger partial charge in [-0.1, -0.05) is 80.2 Å². The molecular weight excluding hydrogens is 384 g/mol. The molecule has 7 heteroatoms. The lowest BCUT2D eigenvalue weighted by atomic mass is 9.87. The van der Waals surface area contributed by atoms with Gasteiger partial charge >= 0.3 is 0 Å². The van der Waals surface area contributed by atoms with Crippen LogP contribution in [0.2, 0.25) is 0 Å². The Kier molecular flexibility index (Phi) is 5.49. The highest BCUT2D eigenvalue weighted by Crippen LogP contribution is 2.28. The summed E-state index contributed by atoms with van der Waals surface area (Å²) < 4.78 is 11.1. The Labute approximate surface area is 173 Å². The predicted molar refractivity (Wildman–Crippen MR) is 112 cm³/mol. The molecule has 29 heavy (non-hydrogen) atoms. The number of hydrogen-bond donors (Lipinski definition) is 0. The lowest BCUT2D eigenvalue weighted by molar-refractivity contribution is 0.385. The van der Waals surface area contributed by atoms with Crippen molar-refractivity contribution >= 4 is 11.8 Å². The number of nitrogens with zero attached hydrogens (tertiary/aromatic N) is 4. The summed E-state index contributed by atoms with van der Waals surface area (Å²) in [5, 5.41) is 12.8. The van der Waals surface area contributed by atoms with E-state index in [9.17, 15) is 0 Å². The molecule has 0 unspecified atom stereocenters. The second kappa shape index (κ2) is 8.21. The first-order valence-corrected chi connectivity index (χ1v) is 10.4. The van der Waals surface area contributed by atoms with E-state index in [1.807, 2.05) is 42.5 Å². The van der Waals surface area contributed by atoms with Gasteiger partial charge in [0.05, 0.1) is 5.75 Å². The zero-order valence-electron chi connectivity index (χ0n) is 16.6. The number of hydrogen-bond acceptors (Lipinski definition) is 7. The average molecular weight is 407 g/mol. The molecule has 0 aliphatic carbocycles.